The van der Waals surface area contributed by atoms with E-state index < -0.39 is 0 Å². The average Bonchev–Trinajstić information content (AvgIpc) is 3.24. The Balaban J connectivity index is 1.58. The molecule has 120 valence electrons. The Kier molecular flexibility index (Phi) is 3.57. The van der Waals surface area contributed by atoms with Crippen LogP contribution in [0.3, 0.4) is 0 Å². The van der Waals surface area contributed by atoms with Crippen molar-refractivity contribution in [2.75, 3.05) is 0 Å². The summed E-state index contributed by atoms with van der Waals surface area (Å²) in [5, 5.41) is 16.9. The number of fused-ring (bicyclic) bond motifs is 1. The van der Waals surface area contributed by atoms with Crippen molar-refractivity contribution >= 4 is 10.9 Å². The largest absolute Gasteiger partial charge is 0.283 e. The van der Waals surface area contributed by atoms with Crippen LogP contribution in [0.2, 0.25) is 0 Å². The number of pyridine rings is 1. The fourth-order valence-corrected chi connectivity index (χ4v) is 2.79. The van der Waals surface area contributed by atoms with E-state index >= 15 is 0 Å². The van der Waals surface area contributed by atoms with Gasteiger partial charge in [0.05, 0.1) is 29.1 Å². The molecule has 1 N–H and O–H groups in total. The Morgan fingerprint density at radius 2 is 2.00 bits per heavy atom. The Hall–Kier alpha value is -3.02. The SMILES string of the molecule is Cc1cc(CC(C)n2cc(-c3ccc4ccccc4n3)nn2)n[nH]1. The highest BCUT2D eigenvalue weighted by atomic mass is 15.4. The van der Waals surface area contributed by atoms with Crippen LogP contribution in [-0.4, -0.2) is 30.2 Å². The van der Waals surface area contributed by atoms with Crippen molar-refractivity contribution in [3.05, 3.63) is 60.0 Å². The average molecular weight is 318 g/mol. The molecule has 0 spiro atoms. The second kappa shape index (κ2) is 5.88. The van der Waals surface area contributed by atoms with Crippen molar-refractivity contribution in [2.24, 2.45) is 0 Å². The molecule has 4 rings (SSSR count). The summed E-state index contributed by atoms with van der Waals surface area (Å²) < 4.78 is 1.87. The van der Waals surface area contributed by atoms with Gasteiger partial charge in [0.1, 0.15) is 5.69 Å². The first-order chi connectivity index (χ1) is 11.7. The topological polar surface area (TPSA) is 72.3 Å². The summed E-state index contributed by atoms with van der Waals surface area (Å²) in [6.45, 7) is 4.11. The molecule has 0 radical (unpaired) electrons. The van der Waals surface area contributed by atoms with Crippen LogP contribution in [0.25, 0.3) is 22.3 Å². The third-order valence-corrected chi connectivity index (χ3v) is 4.09. The van der Waals surface area contributed by atoms with Crippen LogP contribution in [0.5, 0.6) is 0 Å². The van der Waals surface area contributed by atoms with Crippen LogP contribution in [-0.2, 0) is 6.42 Å². The van der Waals surface area contributed by atoms with Crippen molar-refractivity contribution in [1.29, 1.82) is 0 Å². The van der Waals surface area contributed by atoms with Gasteiger partial charge in [0.25, 0.3) is 0 Å². The highest BCUT2D eigenvalue weighted by molar-refractivity contribution is 5.80. The van der Waals surface area contributed by atoms with Gasteiger partial charge in [-0.1, -0.05) is 29.5 Å². The molecule has 0 amide bonds. The lowest BCUT2D eigenvalue weighted by Gasteiger charge is -2.08. The van der Waals surface area contributed by atoms with Crippen LogP contribution in [0.4, 0.5) is 0 Å². The third kappa shape index (κ3) is 2.78. The summed E-state index contributed by atoms with van der Waals surface area (Å²) in [4.78, 5) is 4.67. The van der Waals surface area contributed by atoms with E-state index in [4.69, 9.17) is 0 Å². The van der Waals surface area contributed by atoms with Gasteiger partial charge in [0, 0.05) is 17.5 Å². The summed E-state index contributed by atoms with van der Waals surface area (Å²) in [7, 11) is 0. The maximum atomic E-state index is 4.67. The number of hydrogen-bond acceptors (Lipinski definition) is 4. The van der Waals surface area contributed by atoms with Gasteiger partial charge >= 0.3 is 0 Å². The van der Waals surface area contributed by atoms with E-state index in [-0.39, 0.29) is 6.04 Å². The number of benzene rings is 1. The minimum atomic E-state index is 0.175. The maximum absolute atomic E-state index is 4.67. The molecule has 0 saturated carbocycles. The first-order valence-electron chi connectivity index (χ1n) is 7.98. The fourth-order valence-electron chi connectivity index (χ4n) is 2.79. The number of H-pyrrole nitrogens is 1. The minimum absolute atomic E-state index is 0.175. The number of hydrogen-bond donors (Lipinski definition) is 1. The van der Waals surface area contributed by atoms with Crippen LogP contribution < -0.4 is 0 Å². The zero-order chi connectivity index (χ0) is 16.5. The molecule has 6 heteroatoms. The predicted molar refractivity (Wildman–Crippen MR) is 92.5 cm³/mol. The van der Waals surface area contributed by atoms with E-state index in [0.717, 1.165) is 40.1 Å². The highest BCUT2D eigenvalue weighted by Gasteiger charge is 2.12. The minimum Gasteiger partial charge on any atom is -0.283 e. The standard InChI is InChI=1S/C18H18N6/c1-12-9-15(21-20-12)10-13(2)24-11-18(22-23-24)17-8-7-14-5-3-4-6-16(14)19-17/h3-9,11,13H,10H2,1-2H3,(H,20,21). The third-order valence-electron chi connectivity index (χ3n) is 4.09. The van der Waals surface area contributed by atoms with E-state index in [2.05, 4.69) is 50.6 Å². The summed E-state index contributed by atoms with van der Waals surface area (Å²) in [5.41, 5.74) is 4.68. The van der Waals surface area contributed by atoms with E-state index in [9.17, 15) is 0 Å². The van der Waals surface area contributed by atoms with E-state index in [1.54, 1.807) is 0 Å². The summed E-state index contributed by atoms with van der Waals surface area (Å²) in [6, 6.07) is 14.3. The molecule has 0 aliphatic rings. The second-order valence-electron chi connectivity index (χ2n) is 6.07. The molecule has 0 fully saturated rings. The van der Waals surface area contributed by atoms with Crippen LogP contribution in [0.15, 0.2) is 48.7 Å². The van der Waals surface area contributed by atoms with Crippen molar-refractivity contribution in [1.82, 2.24) is 30.2 Å². The molecular weight excluding hydrogens is 300 g/mol. The molecule has 3 aromatic heterocycles. The summed E-state index contributed by atoms with van der Waals surface area (Å²) in [6.07, 6.45) is 2.75. The van der Waals surface area contributed by atoms with Gasteiger partial charge < -0.3 is 0 Å². The van der Waals surface area contributed by atoms with Crippen molar-refractivity contribution in [3.63, 3.8) is 0 Å². The van der Waals surface area contributed by atoms with Gasteiger partial charge in [0.15, 0.2) is 0 Å². The Morgan fingerprint density at radius 3 is 2.83 bits per heavy atom. The lowest BCUT2D eigenvalue weighted by Crippen LogP contribution is -2.09. The first-order valence-corrected chi connectivity index (χ1v) is 7.98. The normalized spacial score (nSPS) is 12.6. The van der Waals surface area contributed by atoms with E-state index in [1.165, 1.54) is 0 Å². The zero-order valence-electron chi connectivity index (χ0n) is 13.6. The molecule has 3 heterocycles. The van der Waals surface area contributed by atoms with Gasteiger partial charge in [-0.05, 0) is 32.0 Å². The molecule has 4 aromatic rings. The molecule has 24 heavy (non-hydrogen) atoms. The highest BCUT2D eigenvalue weighted by Crippen LogP contribution is 2.20. The van der Waals surface area contributed by atoms with Gasteiger partial charge in [0.2, 0.25) is 0 Å². The quantitative estimate of drug-likeness (QED) is 0.626. The monoisotopic (exact) mass is 318 g/mol. The maximum Gasteiger partial charge on any atom is 0.131 e. The summed E-state index contributed by atoms with van der Waals surface area (Å²) in [5.74, 6) is 0. The number of nitrogens with zero attached hydrogens (tertiary/aromatic N) is 5. The Labute approximate surface area is 139 Å². The van der Waals surface area contributed by atoms with Crippen molar-refractivity contribution in [2.45, 2.75) is 26.3 Å². The van der Waals surface area contributed by atoms with E-state index in [1.807, 2.05) is 42.1 Å². The Morgan fingerprint density at radius 1 is 1.12 bits per heavy atom. The first kappa shape index (κ1) is 14.6. The molecule has 1 atom stereocenters. The van der Waals surface area contributed by atoms with Crippen LogP contribution in [0, 0.1) is 6.92 Å². The Bertz CT molecular complexity index is 984. The van der Waals surface area contributed by atoms with Gasteiger partial charge in [-0.15, -0.1) is 5.10 Å². The fraction of sp³-hybridized carbons (Fsp3) is 0.222. The van der Waals surface area contributed by atoms with Crippen molar-refractivity contribution in [3.8, 4) is 11.4 Å². The van der Waals surface area contributed by atoms with Crippen LogP contribution >= 0.6 is 0 Å². The number of para-hydroxylation sites is 1. The number of nitrogens with one attached hydrogen (secondary N) is 1. The number of rotatable bonds is 4. The molecule has 0 bridgehead atoms. The molecule has 6 nitrogen and oxygen atoms in total. The number of aryl methyl sites for hydroxylation is 1. The molecular formula is C18H18N6. The molecule has 0 saturated heterocycles. The predicted octanol–water partition coefficient (Wildman–Crippen LogP) is 3.33. The van der Waals surface area contributed by atoms with Crippen molar-refractivity contribution < 1.29 is 0 Å². The lowest BCUT2D eigenvalue weighted by atomic mass is 10.1. The van der Waals surface area contributed by atoms with Gasteiger partial charge in [-0.25, -0.2) is 9.67 Å². The smallest absolute Gasteiger partial charge is 0.131 e. The number of aromatic nitrogens is 6. The molecule has 0 aliphatic carbocycles. The number of aromatic amines is 1. The molecule has 0 aliphatic heterocycles. The van der Waals surface area contributed by atoms with Gasteiger partial charge in [-0.2, -0.15) is 5.10 Å². The van der Waals surface area contributed by atoms with Gasteiger partial charge in [-0.3, -0.25) is 5.10 Å². The second-order valence-corrected chi connectivity index (χ2v) is 6.07. The summed E-state index contributed by atoms with van der Waals surface area (Å²) >= 11 is 0. The zero-order valence-corrected chi connectivity index (χ0v) is 13.6. The lowest BCUT2D eigenvalue weighted by molar-refractivity contribution is 0.470. The van der Waals surface area contributed by atoms with E-state index in [0.29, 0.717) is 0 Å². The van der Waals surface area contributed by atoms with Crippen LogP contribution in [0.1, 0.15) is 24.4 Å². The molecule has 1 unspecified atom stereocenters. The molecule has 1 aromatic carbocycles.